The first-order valence-corrected chi connectivity index (χ1v) is 12.9. The van der Waals surface area contributed by atoms with Gasteiger partial charge in [-0.05, 0) is 48.6 Å². The maximum atomic E-state index is 14.9. The fraction of sp³-hybridized carbons (Fsp3) is 0.481. The van der Waals surface area contributed by atoms with E-state index in [1.54, 1.807) is 20.2 Å². The molecule has 1 fully saturated rings. The lowest BCUT2D eigenvalue weighted by Crippen LogP contribution is -2.50. The summed E-state index contributed by atoms with van der Waals surface area (Å²) in [6, 6.07) is 4.03. The van der Waals surface area contributed by atoms with Gasteiger partial charge in [0.2, 0.25) is 0 Å². The summed E-state index contributed by atoms with van der Waals surface area (Å²) in [5.74, 6) is -0.675. The van der Waals surface area contributed by atoms with Gasteiger partial charge >= 0.3 is 0 Å². The SMILES string of the molecule is CCc1cnc(N/C(=C/C=N)NC)cc1-c1cc2n(c1)C[C@H](OC)Cn1c-2nnc1C1(C(C)(F)F)CCC1. The van der Waals surface area contributed by atoms with Crippen molar-refractivity contribution in [2.75, 3.05) is 19.5 Å². The molecule has 11 heteroatoms. The number of aryl methyl sites for hydroxylation is 1. The predicted octanol–water partition coefficient (Wildman–Crippen LogP) is 4.60. The van der Waals surface area contributed by atoms with Crippen LogP contribution in [0, 0.1) is 5.41 Å². The maximum absolute atomic E-state index is 14.9. The van der Waals surface area contributed by atoms with Crippen LogP contribution in [-0.4, -0.2) is 56.7 Å². The van der Waals surface area contributed by atoms with Gasteiger partial charge in [0.1, 0.15) is 17.5 Å². The van der Waals surface area contributed by atoms with E-state index in [1.807, 2.05) is 22.9 Å². The Bertz CT molecular complexity index is 1370. The van der Waals surface area contributed by atoms with E-state index < -0.39 is 11.3 Å². The van der Waals surface area contributed by atoms with Gasteiger partial charge in [-0.15, -0.1) is 10.2 Å². The monoisotopic (exact) mass is 524 g/mol. The standard InChI is InChI=1S/C27H34F2N8O/c1-5-17-13-32-23(33-22(31-3)7-10-30)12-20(17)18-11-21-24-34-35-25(27(8-6-9-27)26(2,28)29)37(24)16-19(38-4)15-36(21)14-18/h7,10-14,19,30-31H,5-6,8-9,15-16H2,1-4H3,(H,32,33)/b22-7+,30-10?/t19-/m0/s1. The second-order valence-electron chi connectivity index (χ2n) is 10.1. The normalized spacial score (nSPS) is 18.7. The minimum Gasteiger partial charge on any atom is -0.378 e. The molecule has 3 aromatic heterocycles. The fourth-order valence-corrected chi connectivity index (χ4v) is 5.55. The van der Waals surface area contributed by atoms with Crippen molar-refractivity contribution >= 4 is 12.0 Å². The number of hydrogen-bond donors (Lipinski definition) is 3. The van der Waals surface area contributed by atoms with Crippen molar-refractivity contribution < 1.29 is 13.5 Å². The largest absolute Gasteiger partial charge is 0.378 e. The third kappa shape index (κ3) is 4.28. The van der Waals surface area contributed by atoms with Crippen LogP contribution < -0.4 is 10.6 Å². The van der Waals surface area contributed by atoms with Crippen LogP contribution >= 0.6 is 0 Å². The average molecular weight is 525 g/mol. The molecule has 202 valence electrons. The first kappa shape index (κ1) is 26.0. The number of anilines is 1. The maximum Gasteiger partial charge on any atom is 0.257 e. The summed E-state index contributed by atoms with van der Waals surface area (Å²) in [5.41, 5.74) is 2.57. The number of methoxy groups -OCH3 is 1. The Hall–Kier alpha value is -3.60. The molecule has 0 unspecified atom stereocenters. The number of hydrogen-bond acceptors (Lipinski definition) is 7. The van der Waals surface area contributed by atoms with Crippen molar-refractivity contribution in [2.45, 2.75) is 70.1 Å². The van der Waals surface area contributed by atoms with Gasteiger partial charge in [-0.2, -0.15) is 0 Å². The van der Waals surface area contributed by atoms with Gasteiger partial charge in [-0.1, -0.05) is 13.3 Å². The molecule has 3 N–H and O–H groups in total. The predicted molar refractivity (Wildman–Crippen MR) is 143 cm³/mol. The van der Waals surface area contributed by atoms with Crippen LogP contribution in [0.15, 0.2) is 36.4 Å². The Kier molecular flexibility index (Phi) is 6.81. The van der Waals surface area contributed by atoms with Crippen molar-refractivity contribution in [3.05, 3.63) is 47.8 Å². The van der Waals surface area contributed by atoms with Crippen molar-refractivity contribution in [2.24, 2.45) is 0 Å². The summed E-state index contributed by atoms with van der Waals surface area (Å²) in [4.78, 5) is 4.54. The molecule has 0 amide bonds. The number of rotatable bonds is 9. The van der Waals surface area contributed by atoms with Gasteiger partial charge < -0.3 is 29.9 Å². The number of alkyl halides is 2. The van der Waals surface area contributed by atoms with Gasteiger partial charge in [0.15, 0.2) is 5.82 Å². The molecule has 0 aromatic carbocycles. The van der Waals surface area contributed by atoms with Gasteiger partial charge in [-0.25, -0.2) is 13.8 Å². The first-order chi connectivity index (χ1) is 18.2. The van der Waals surface area contributed by atoms with E-state index in [9.17, 15) is 8.78 Å². The quantitative estimate of drug-likeness (QED) is 0.354. The van der Waals surface area contributed by atoms with E-state index in [2.05, 4.69) is 43.5 Å². The van der Waals surface area contributed by atoms with E-state index in [0.29, 0.717) is 49.2 Å². The molecule has 3 aromatic rings. The van der Waals surface area contributed by atoms with Crippen LogP contribution in [-0.2, 0) is 29.7 Å². The molecule has 4 heterocycles. The highest BCUT2D eigenvalue weighted by molar-refractivity contribution is 5.75. The van der Waals surface area contributed by atoms with Crippen LogP contribution in [0.5, 0.6) is 0 Å². The van der Waals surface area contributed by atoms with E-state index in [0.717, 1.165) is 42.1 Å². The molecular weight excluding hydrogens is 490 g/mol. The fourth-order valence-electron chi connectivity index (χ4n) is 5.55. The Morgan fingerprint density at radius 2 is 2.08 bits per heavy atom. The highest BCUT2D eigenvalue weighted by atomic mass is 19.3. The second-order valence-corrected chi connectivity index (χ2v) is 10.1. The first-order valence-electron chi connectivity index (χ1n) is 12.9. The number of allylic oxidation sites excluding steroid dienone is 1. The minimum absolute atomic E-state index is 0.225. The van der Waals surface area contributed by atoms with Crippen LogP contribution in [0.3, 0.4) is 0 Å². The summed E-state index contributed by atoms with van der Waals surface area (Å²) >= 11 is 0. The van der Waals surface area contributed by atoms with E-state index in [-0.39, 0.29) is 6.10 Å². The van der Waals surface area contributed by atoms with Crippen LogP contribution in [0.1, 0.15) is 44.5 Å². The lowest BCUT2D eigenvalue weighted by atomic mass is 9.64. The summed E-state index contributed by atoms with van der Waals surface area (Å²) in [6.07, 6.45) is 8.82. The van der Waals surface area contributed by atoms with E-state index >= 15 is 0 Å². The van der Waals surface area contributed by atoms with Crippen molar-refractivity contribution in [1.82, 2.24) is 29.6 Å². The summed E-state index contributed by atoms with van der Waals surface area (Å²) in [7, 11) is 3.42. The molecule has 1 aliphatic carbocycles. The Labute approximate surface area is 220 Å². The van der Waals surface area contributed by atoms with Crippen molar-refractivity contribution in [3.63, 3.8) is 0 Å². The van der Waals surface area contributed by atoms with E-state index in [4.69, 9.17) is 10.1 Å². The molecule has 9 nitrogen and oxygen atoms in total. The van der Waals surface area contributed by atoms with Crippen LogP contribution in [0.2, 0.25) is 0 Å². The third-order valence-electron chi connectivity index (χ3n) is 7.93. The number of nitrogens with one attached hydrogen (secondary N) is 3. The Balaban J connectivity index is 1.61. The molecule has 1 atom stereocenters. The summed E-state index contributed by atoms with van der Waals surface area (Å²) in [5, 5.41) is 22.4. The number of aromatic nitrogens is 5. The molecule has 0 saturated heterocycles. The number of nitrogens with zero attached hydrogens (tertiary/aromatic N) is 5. The molecule has 0 spiro atoms. The van der Waals surface area contributed by atoms with Crippen LogP contribution in [0.25, 0.3) is 22.6 Å². The molecule has 5 rings (SSSR count). The van der Waals surface area contributed by atoms with Gasteiger partial charge in [-0.3, -0.25) is 0 Å². The zero-order valence-electron chi connectivity index (χ0n) is 22.2. The summed E-state index contributed by atoms with van der Waals surface area (Å²) < 4.78 is 39.5. The van der Waals surface area contributed by atoms with E-state index in [1.165, 1.54) is 6.21 Å². The van der Waals surface area contributed by atoms with Crippen molar-refractivity contribution in [3.8, 4) is 22.6 Å². The number of fused-ring (bicyclic) bond motifs is 3. The number of pyridine rings is 1. The second kappa shape index (κ2) is 9.94. The number of ether oxygens (including phenoxy) is 1. The minimum atomic E-state index is -2.90. The van der Waals surface area contributed by atoms with Crippen molar-refractivity contribution in [1.29, 1.82) is 5.41 Å². The topological polar surface area (TPSA) is 106 Å². The zero-order valence-corrected chi connectivity index (χ0v) is 22.2. The van der Waals surface area contributed by atoms with Crippen LogP contribution in [0.4, 0.5) is 14.6 Å². The lowest BCUT2D eigenvalue weighted by Gasteiger charge is -2.45. The van der Waals surface area contributed by atoms with Gasteiger partial charge in [0.05, 0.1) is 30.3 Å². The highest BCUT2D eigenvalue weighted by Crippen LogP contribution is 2.53. The Morgan fingerprint density at radius 1 is 1.29 bits per heavy atom. The Morgan fingerprint density at radius 3 is 2.68 bits per heavy atom. The molecule has 1 saturated carbocycles. The smallest absolute Gasteiger partial charge is 0.257 e. The lowest BCUT2D eigenvalue weighted by molar-refractivity contribution is -0.103. The molecule has 0 bridgehead atoms. The zero-order chi connectivity index (χ0) is 27.1. The average Bonchev–Trinajstić information content (AvgIpc) is 3.42. The molecule has 0 radical (unpaired) electrons. The summed E-state index contributed by atoms with van der Waals surface area (Å²) in [6.45, 7) is 4.05. The molecule has 2 aliphatic rings. The third-order valence-corrected chi connectivity index (χ3v) is 7.93. The van der Waals surface area contributed by atoms with Gasteiger partial charge in [0.25, 0.3) is 5.92 Å². The molecule has 38 heavy (non-hydrogen) atoms. The van der Waals surface area contributed by atoms with Gasteiger partial charge in [0, 0.05) is 45.3 Å². The highest BCUT2D eigenvalue weighted by Gasteiger charge is 2.58. The molecular formula is C27H34F2N8O. The number of halogens is 2. The molecule has 1 aliphatic heterocycles.